The summed E-state index contributed by atoms with van der Waals surface area (Å²) in [6.45, 7) is 1.95. The monoisotopic (exact) mass is 372 g/mol. The number of halogens is 1. The normalized spacial score (nSPS) is 17.8. The third-order valence-corrected chi connectivity index (χ3v) is 5.01. The highest BCUT2D eigenvalue weighted by atomic mass is 79.9. The van der Waals surface area contributed by atoms with Crippen LogP contribution in [-0.2, 0) is 0 Å². The second kappa shape index (κ2) is 7.18. The number of benzene rings is 2. The number of hydrogen-bond donors (Lipinski definition) is 0. The van der Waals surface area contributed by atoms with E-state index in [0.717, 1.165) is 36.0 Å². The lowest BCUT2D eigenvalue weighted by molar-refractivity contribution is 0.0717. The molecule has 1 aliphatic rings. The average molecular weight is 373 g/mol. The van der Waals surface area contributed by atoms with Crippen molar-refractivity contribution in [2.24, 2.45) is 0 Å². The molecule has 1 fully saturated rings. The van der Waals surface area contributed by atoms with E-state index in [1.165, 1.54) is 5.69 Å². The van der Waals surface area contributed by atoms with Crippen molar-refractivity contribution >= 4 is 27.5 Å². The SMILES string of the molecule is CN(C(=O)c1ccc(Br)cc1)C1CCCN(c2ccccc2)C1. The maximum atomic E-state index is 12.7. The van der Waals surface area contributed by atoms with Gasteiger partial charge in [-0.2, -0.15) is 0 Å². The zero-order valence-electron chi connectivity index (χ0n) is 13.3. The first kappa shape index (κ1) is 16.1. The standard InChI is InChI=1S/C19H21BrN2O/c1-21(19(23)15-9-11-16(20)12-10-15)18-8-5-13-22(14-18)17-6-3-2-4-7-17/h2-4,6-7,9-12,18H,5,8,13-14H2,1H3. The third-order valence-electron chi connectivity index (χ3n) is 4.48. The van der Waals surface area contributed by atoms with E-state index in [4.69, 9.17) is 0 Å². The lowest BCUT2D eigenvalue weighted by atomic mass is 10.0. The van der Waals surface area contributed by atoms with Gasteiger partial charge in [0, 0.05) is 41.9 Å². The number of anilines is 1. The first-order valence-corrected chi connectivity index (χ1v) is 8.77. The molecule has 23 heavy (non-hydrogen) atoms. The van der Waals surface area contributed by atoms with Crippen LogP contribution in [0, 0.1) is 0 Å². The molecule has 0 aliphatic carbocycles. The van der Waals surface area contributed by atoms with E-state index < -0.39 is 0 Å². The molecule has 3 nitrogen and oxygen atoms in total. The fourth-order valence-electron chi connectivity index (χ4n) is 3.11. The number of piperidine rings is 1. The predicted octanol–water partition coefficient (Wildman–Crippen LogP) is 4.19. The van der Waals surface area contributed by atoms with Gasteiger partial charge in [-0.15, -0.1) is 0 Å². The van der Waals surface area contributed by atoms with Gasteiger partial charge in [0.2, 0.25) is 0 Å². The van der Waals surface area contributed by atoms with Crippen molar-refractivity contribution in [2.45, 2.75) is 18.9 Å². The molecule has 0 bridgehead atoms. The van der Waals surface area contributed by atoms with Gasteiger partial charge in [0.25, 0.3) is 5.91 Å². The predicted molar refractivity (Wildman–Crippen MR) is 97.9 cm³/mol. The molecule has 120 valence electrons. The van der Waals surface area contributed by atoms with Gasteiger partial charge >= 0.3 is 0 Å². The second-order valence-electron chi connectivity index (χ2n) is 6.00. The summed E-state index contributed by atoms with van der Waals surface area (Å²) in [5, 5.41) is 0. The summed E-state index contributed by atoms with van der Waals surface area (Å²) < 4.78 is 0.990. The van der Waals surface area contributed by atoms with Gasteiger partial charge in [0.1, 0.15) is 0 Å². The minimum Gasteiger partial charge on any atom is -0.369 e. The molecule has 1 heterocycles. The molecule has 1 atom stereocenters. The Morgan fingerprint density at radius 2 is 1.83 bits per heavy atom. The van der Waals surface area contributed by atoms with Crippen LogP contribution >= 0.6 is 15.9 Å². The lowest BCUT2D eigenvalue weighted by Crippen LogP contribution is -2.48. The Hall–Kier alpha value is -1.81. The third kappa shape index (κ3) is 3.75. The number of amides is 1. The highest BCUT2D eigenvalue weighted by Crippen LogP contribution is 2.23. The van der Waals surface area contributed by atoms with Crippen molar-refractivity contribution in [1.82, 2.24) is 4.90 Å². The summed E-state index contributed by atoms with van der Waals surface area (Å²) in [4.78, 5) is 17.0. The topological polar surface area (TPSA) is 23.6 Å². The Morgan fingerprint density at radius 1 is 1.13 bits per heavy atom. The van der Waals surface area contributed by atoms with Gasteiger partial charge in [-0.25, -0.2) is 0 Å². The molecule has 1 unspecified atom stereocenters. The summed E-state index contributed by atoms with van der Waals surface area (Å²) >= 11 is 3.41. The average Bonchev–Trinajstić information content (AvgIpc) is 2.62. The van der Waals surface area contributed by atoms with Crippen LogP contribution in [0.15, 0.2) is 59.1 Å². The molecular weight excluding hydrogens is 352 g/mol. The number of nitrogens with zero attached hydrogens (tertiary/aromatic N) is 2. The fourth-order valence-corrected chi connectivity index (χ4v) is 3.37. The fraction of sp³-hybridized carbons (Fsp3) is 0.316. The van der Waals surface area contributed by atoms with Crippen LogP contribution in [0.3, 0.4) is 0 Å². The van der Waals surface area contributed by atoms with Crippen molar-refractivity contribution in [1.29, 1.82) is 0 Å². The van der Waals surface area contributed by atoms with Crippen molar-refractivity contribution in [2.75, 3.05) is 25.0 Å². The molecule has 0 N–H and O–H groups in total. The molecular formula is C19H21BrN2O. The van der Waals surface area contributed by atoms with Crippen LogP contribution in [0.5, 0.6) is 0 Å². The van der Waals surface area contributed by atoms with E-state index in [2.05, 4.69) is 45.1 Å². The first-order chi connectivity index (χ1) is 11.1. The van der Waals surface area contributed by atoms with E-state index >= 15 is 0 Å². The molecule has 1 aliphatic heterocycles. The molecule has 0 aromatic heterocycles. The van der Waals surface area contributed by atoms with Crippen LogP contribution in [0.2, 0.25) is 0 Å². The van der Waals surface area contributed by atoms with E-state index in [9.17, 15) is 4.79 Å². The van der Waals surface area contributed by atoms with Gasteiger partial charge < -0.3 is 9.80 Å². The largest absolute Gasteiger partial charge is 0.369 e. The quantitative estimate of drug-likeness (QED) is 0.806. The number of carbonyl (C=O) groups excluding carboxylic acids is 1. The summed E-state index contributed by atoms with van der Waals surface area (Å²) in [5.41, 5.74) is 1.98. The Bertz CT molecular complexity index is 657. The molecule has 0 radical (unpaired) electrons. The van der Waals surface area contributed by atoms with Crippen LogP contribution < -0.4 is 4.90 Å². The van der Waals surface area contributed by atoms with Crippen molar-refractivity contribution in [3.8, 4) is 0 Å². The lowest BCUT2D eigenvalue weighted by Gasteiger charge is -2.39. The highest BCUT2D eigenvalue weighted by Gasteiger charge is 2.26. The number of likely N-dealkylation sites (N-methyl/N-ethyl adjacent to an activating group) is 1. The van der Waals surface area contributed by atoms with E-state index in [-0.39, 0.29) is 11.9 Å². The van der Waals surface area contributed by atoms with Gasteiger partial charge in [-0.1, -0.05) is 34.1 Å². The Balaban J connectivity index is 1.70. The zero-order chi connectivity index (χ0) is 16.2. The number of carbonyl (C=O) groups is 1. The zero-order valence-corrected chi connectivity index (χ0v) is 14.9. The second-order valence-corrected chi connectivity index (χ2v) is 6.92. The Labute approximate surface area is 146 Å². The molecule has 1 amide bonds. The van der Waals surface area contributed by atoms with E-state index in [1.54, 1.807) is 0 Å². The highest BCUT2D eigenvalue weighted by molar-refractivity contribution is 9.10. The molecule has 3 rings (SSSR count). The summed E-state index contributed by atoms with van der Waals surface area (Å²) in [6, 6.07) is 18.3. The van der Waals surface area contributed by atoms with Crippen LogP contribution in [0.4, 0.5) is 5.69 Å². The Morgan fingerprint density at radius 3 is 2.52 bits per heavy atom. The van der Waals surface area contributed by atoms with Gasteiger partial charge in [0.05, 0.1) is 0 Å². The Kier molecular flexibility index (Phi) is 5.01. The van der Waals surface area contributed by atoms with Gasteiger partial charge in [-0.05, 0) is 49.2 Å². The maximum Gasteiger partial charge on any atom is 0.253 e. The molecule has 2 aromatic carbocycles. The van der Waals surface area contributed by atoms with Crippen LogP contribution in [0.25, 0.3) is 0 Å². The van der Waals surface area contributed by atoms with Gasteiger partial charge in [-0.3, -0.25) is 4.79 Å². The first-order valence-electron chi connectivity index (χ1n) is 7.98. The van der Waals surface area contributed by atoms with E-state index in [1.807, 2.05) is 42.3 Å². The van der Waals surface area contributed by atoms with Crippen LogP contribution in [0.1, 0.15) is 23.2 Å². The van der Waals surface area contributed by atoms with Crippen molar-refractivity contribution < 1.29 is 4.79 Å². The number of rotatable bonds is 3. The summed E-state index contributed by atoms with van der Waals surface area (Å²) in [6.07, 6.45) is 2.17. The molecule has 0 spiro atoms. The summed E-state index contributed by atoms with van der Waals surface area (Å²) in [7, 11) is 1.92. The smallest absolute Gasteiger partial charge is 0.253 e. The number of hydrogen-bond acceptors (Lipinski definition) is 2. The van der Waals surface area contributed by atoms with Crippen molar-refractivity contribution in [3.63, 3.8) is 0 Å². The number of para-hydroxylation sites is 1. The van der Waals surface area contributed by atoms with Gasteiger partial charge in [0.15, 0.2) is 0 Å². The minimum absolute atomic E-state index is 0.0948. The van der Waals surface area contributed by atoms with Crippen molar-refractivity contribution in [3.05, 3.63) is 64.6 Å². The minimum atomic E-state index is 0.0948. The molecule has 0 saturated carbocycles. The van der Waals surface area contributed by atoms with E-state index in [0.29, 0.717) is 0 Å². The summed E-state index contributed by atoms with van der Waals surface area (Å²) in [5.74, 6) is 0.0948. The van der Waals surface area contributed by atoms with Crippen LogP contribution in [-0.4, -0.2) is 37.0 Å². The molecule has 4 heteroatoms. The maximum absolute atomic E-state index is 12.7. The molecule has 2 aromatic rings. The molecule has 1 saturated heterocycles.